The Kier molecular flexibility index (Phi) is 4.98. The van der Waals surface area contributed by atoms with Crippen LogP contribution in [0.3, 0.4) is 0 Å². The largest absolute Gasteiger partial charge is 0.399 e. The number of pyridine rings is 1. The summed E-state index contributed by atoms with van der Waals surface area (Å²) in [7, 11) is -5.63. The van der Waals surface area contributed by atoms with E-state index in [0.29, 0.717) is 17.3 Å². The molecule has 0 aliphatic carbocycles. The van der Waals surface area contributed by atoms with Gasteiger partial charge in [0.2, 0.25) is 0 Å². The van der Waals surface area contributed by atoms with Gasteiger partial charge in [-0.1, -0.05) is 29.8 Å². The summed E-state index contributed by atoms with van der Waals surface area (Å²) in [6.07, 6.45) is 1.49. The number of hydrogen-bond donors (Lipinski definition) is 2. The first-order valence-corrected chi connectivity index (χ1v) is 9.50. The van der Waals surface area contributed by atoms with Crippen molar-refractivity contribution in [2.45, 2.75) is 39.3 Å². The quantitative estimate of drug-likeness (QED) is 0.723. The Labute approximate surface area is 141 Å². The molecule has 2 aromatic rings. The molecule has 2 N–H and O–H groups in total. The van der Waals surface area contributed by atoms with Crippen molar-refractivity contribution in [1.82, 2.24) is 4.98 Å². The van der Waals surface area contributed by atoms with Crippen LogP contribution in [0.4, 0.5) is 8.78 Å². The molecule has 126 valence electrons. The van der Waals surface area contributed by atoms with Crippen LogP contribution in [0, 0.1) is 6.92 Å². The van der Waals surface area contributed by atoms with Crippen LogP contribution in [0.5, 0.6) is 0 Å². The Bertz CT molecular complexity index is 820. The predicted octanol–water partition coefficient (Wildman–Crippen LogP) is 4.66. The maximum absolute atomic E-state index is 14.1. The van der Waals surface area contributed by atoms with Gasteiger partial charge in [-0.15, -0.1) is 0 Å². The Hall–Kier alpha value is -0.880. The van der Waals surface area contributed by atoms with Crippen LogP contribution in [-0.2, 0) is 23.1 Å². The van der Waals surface area contributed by atoms with E-state index in [1.165, 1.54) is 6.07 Å². The summed E-state index contributed by atoms with van der Waals surface area (Å²) in [5, 5.41) is 0.715. The number of aromatic nitrogens is 1. The molecular formula is C15H17BrF2NO3P. The fourth-order valence-electron chi connectivity index (χ4n) is 2.79. The van der Waals surface area contributed by atoms with Crippen molar-refractivity contribution >= 4 is 34.4 Å². The van der Waals surface area contributed by atoms with Crippen LogP contribution in [0.25, 0.3) is 10.9 Å². The highest BCUT2D eigenvalue weighted by Gasteiger charge is 2.51. The monoisotopic (exact) mass is 407 g/mol. The van der Waals surface area contributed by atoms with E-state index in [-0.39, 0.29) is 4.47 Å². The Morgan fingerprint density at radius 1 is 1.22 bits per heavy atom. The third-order valence-corrected chi connectivity index (χ3v) is 5.53. The van der Waals surface area contributed by atoms with E-state index in [9.17, 15) is 13.3 Å². The first-order chi connectivity index (χ1) is 10.5. The standard InChI is InChI=1S/C15H17BrF2NO3P/c1-4-9-8(3)19-14-7-12(15(17,18)23(20,21)22)13(16)6-11(14)10(9)5-2/h6-7H,4-5H2,1-3H3,(H2,20,21,22). The summed E-state index contributed by atoms with van der Waals surface area (Å²) in [5.74, 6) is 0. The van der Waals surface area contributed by atoms with Gasteiger partial charge >= 0.3 is 13.3 Å². The second-order valence-corrected chi connectivity index (χ2v) is 7.80. The van der Waals surface area contributed by atoms with Crippen LogP contribution >= 0.6 is 23.5 Å². The second-order valence-electron chi connectivity index (χ2n) is 5.30. The highest BCUT2D eigenvalue weighted by atomic mass is 79.9. The first-order valence-electron chi connectivity index (χ1n) is 7.10. The van der Waals surface area contributed by atoms with Crippen LogP contribution < -0.4 is 0 Å². The maximum Gasteiger partial charge on any atom is 0.399 e. The Morgan fingerprint density at radius 3 is 2.26 bits per heavy atom. The van der Waals surface area contributed by atoms with Gasteiger partial charge in [-0.25, -0.2) is 0 Å². The molecule has 0 aliphatic rings. The molecule has 0 unspecified atom stereocenters. The number of fused-ring (bicyclic) bond motifs is 1. The third kappa shape index (κ3) is 3.07. The van der Waals surface area contributed by atoms with E-state index in [1.54, 1.807) is 6.92 Å². The predicted molar refractivity (Wildman–Crippen MR) is 88.9 cm³/mol. The van der Waals surface area contributed by atoms with E-state index >= 15 is 0 Å². The molecule has 23 heavy (non-hydrogen) atoms. The van der Waals surface area contributed by atoms with Gasteiger partial charge < -0.3 is 9.79 Å². The Balaban J connectivity index is 2.85. The molecule has 0 aliphatic heterocycles. The van der Waals surface area contributed by atoms with E-state index < -0.39 is 18.8 Å². The maximum atomic E-state index is 14.1. The summed E-state index contributed by atoms with van der Waals surface area (Å²) in [4.78, 5) is 22.3. The fourth-order valence-corrected chi connectivity index (χ4v) is 4.03. The van der Waals surface area contributed by atoms with Crippen molar-refractivity contribution in [3.63, 3.8) is 0 Å². The highest BCUT2D eigenvalue weighted by Crippen LogP contribution is 2.60. The van der Waals surface area contributed by atoms with Crippen molar-refractivity contribution < 1.29 is 23.1 Å². The molecule has 1 aromatic heterocycles. The molecule has 1 heterocycles. The average molecular weight is 408 g/mol. The highest BCUT2D eigenvalue weighted by molar-refractivity contribution is 9.10. The molecule has 0 saturated carbocycles. The first kappa shape index (κ1) is 18.5. The van der Waals surface area contributed by atoms with Crippen molar-refractivity contribution in [1.29, 1.82) is 0 Å². The number of rotatable bonds is 4. The van der Waals surface area contributed by atoms with Crippen molar-refractivity contribution in [3.05, 3.63) is 39.0 Å². The SMILES string of the molecule is CCc1c(C)nc2cc(C(F)(F)P(=O)(O)O)c(Br)cc2c1CC. The molecule has 2 rings (SSSR count). The molecule has 0 atom stereocenters. The molecule has 0 fully saturated rings. The van der Waals surface area contributed by atoms with Crippen LogP contribution in [0.15, 0.2) is 16.6 Å². The molecule has 0 bridgehead atoms. The molecule has 0 amide bonds. The summed E-state index contributed by atoms with van der Waals surface area (Å²) < 4.78 is 39.2. The average Bonchev–Trinajstić information content (AvgIpc) is 2.44. The van der Waals surface area contributed by atoms with Gasteiger partial charge in [0.15, 0.2) is 0 Å². The lowest BCUT2D eigenvalue weighted by Gasteiger charge is -2.21. The zero-order valence-electron chi connectivity index (χ0n) is 12.9. The summed E-state index contributed by atoms with van der Waals surface area (Å²) in [5.41, 5.74) is -1.89. The number of alkyl halides is 2. The van der Waals surface area contributed by atoms with Gasteiger partial charge in [-0.3, -0.25) is 9.55 Å². The number of benzene rings is 1. The van der Waals surface area contributed by atoms with Gasteiger partial charge in [0, 0.05) is 21.1 Å². The molecule has 0 saturated heterocycles. The van der Waals surface area contributed by atoms with Gasteiger partial charge in [-0.2, -0.15) is 8.78 Å². The van der Waals surface area contributed by atoms with Crippen molar-refractivity contribution in [2.24, 2.45) is 0 Å². The molecule has 1 aromatic carbocycles. The minimum Gasteiger partial charge on any atom is -0.320 e. The zero-order chi connectivity index (χ0) is 17.6. The van der Waals surface area contributed by atoms with E-state index in [2.05, 4.69) is 20.9 Å². The number of hydrogen-bond acceptors (Lipinski definition) is 2. The van der Waals surface area contributed by atoms with Gasteiger partial charge in [0.05, 0.1) is 5.52 Å². The van der Waals surface area contributed by atoms with Crippen molar-refractivity contribution in [3.8, 4) is 0 Å². The molecule has 8 heteroatoms. The minimum absolute atomic E-state index is 0.0410. The van der Waals surface area contributed by atoms with E-state index in [1.807, 2.05) is 13.8 Å². The minimum atomic E-state index is -5.63. The van der Waals surface area contributed by atoms with Crippen LogP contribution in [-0.4, -0.2) is 14.8 Å². The molecule has 4 nitrogen and oxygen atoms in total. The molecule has 0 radical (unpaired) electrons. The lowest BCUT2D eigenvalue weighted by molar-refractivity contribution is 0.0558. The molecular weight excluding hydrogens is 391 g/mol. The summed E-state index contributed by atoms with van der Waals surface area (Å²) in [6.45, 7) is 5.78. The number of aryl methyl sites for hydroxylation is 2. The summed E-state index contributed by atoms with van der Waals surface area (Å²) >= 11 is 3.02. The van der Waals surface area contributed by atoms with Gasteiger partial charge in [-0.05, 0) is 43.0 Å². The third-order valence-electron chi connectivity index (χ3n) is 3.90. The van der Waals surface area contributed by atoms with Gasteiger partial charge in [0.1, 0.15) is 0 Å². The second kappa shape index (κ2) is 6.20. The van der Waals surface area contributed by atoms with E-state index in [4.69, 9.17) is 9.79 Å². The lowest BCUT2D eigenvalue weighted by atomic mass is 9.96. The number of halogens is 3. The molecule has 0 spiro atoms. The topological polar surface area (TPSA) is 70.4 Å². The zero-order valence-corrected chi connectivity index (χ0v) is 15.4. The lowest BCUT2D eigenvalue weighted by Crippen LogP contribution is -2.15. The number of nitrogens with zero attached hydrogens (tertiary/aromatic N) is 1. The normalized spacial score (nSPS) is 12.9. The Morgan fingerprint density at radius 2 is 1.78 bits per heavy atom. The van der Waals surface area contributed by atoms with Gasteiger partial charge in [0.25, 0.3) is 0 Å². The van der Waals surface area contributed by atoms with E-state index in [0.717, 1.165) is 29.3 Å². The fraction of sp³-hybridized carbons (Fsp3) is 0.400. The van der Waals surface area contributed by atoms with Crippen LogP contribution in [0.2, 0.25) is 0 Å². The smallest absolute Gasteiger partial charge is 0.320 e. The van der Waals surface area contributed by atoms with Crippen LogP contribution in [0.1, 0.15) is 36.2 Å². The summed E-state index contributed by atoms with van der Waals surface area (Å²) in [6, 6.07) is 2.53. The van der Waals surface area contributed by atoms with Crippen molar-refractivity contribution in [2.75, 3.05) is 0 Å².